The van der Waals surface area contributed by atoms with Crippen LogP contribution in [0.25, 0.3) is 0 Å². The highest BCUT2D eigenvalue weighted by Gasteiger charge is 2.30. The lowest BCUT2D eigenvalue weighted by atomic mass is 10.2. The fourth-order valence-corrected chi connectivity index (χ4v) is 1.26. The Morgan fingerprint density at radius 3 is 2.67 bits per heavy atom. The van der Waals surface area contributed by atoms with Crippen molar-refractivity contribution < 1.29 is 13.6 Å². The zero-order valence-corrected chi connectivity index (χ0v) is 7.89. The molecule has 0 aromatic heterocycles. The minimum atomic E-state index is -1.11. The first-order chi connectivity index (χ1) is 7.09. The first-order valence-electron chi connectivity index (χ1n) is 4.64. The number of nitrogen functional groups attached to an aromatic ring is 1. The summed E-state index contributed by atoms with van der Waals surface area (Å²) in [5, 5.41) is 2.30. The van der Waals surface area contributed by atoms with Crippen LogP contribution in [-0.4, -0.2) is 5.91 Å². The van der Waals surface area contributed by atoms with Crippen molar-refractivity contribution >= 4 is 17.3 Å². The summed E-state index contributed by atoms with van der Waals surface area (Å²) in [6.07, 6.45) is 1.59. The van der Waals surface area contributed by atoms with Crippen LogP contribution < -0.4 is 11.1 Å². The number of amides is 1. The van der Waals surface area contributed by atoms with E-state index in [9.17, 15) is 13.6 Å². The van der Waals surface area contributed by atoms with Gasteiger partial charge in [-0.05, 0) is 25.0 Å². The predicted molar refractivity (Wildman–Crippen MR) is 52.1 cm³/mol. The van der Waals surface area contributed by atoms with Crippen LogP contribution in [-0.2, 0) is 4.79 Å². The van der Waals surface area contributed by atoms with Crippen molar-refractivity contribution in [3.63, 3.8) is 0 Å². The highest BCUT2D eigenvalue weighted by atomic mass is 19.2. The molecule has 0 heterocycles. The molecule has 1 aromatic rings. The van der Waals surface area contributed by atoms with Crippen LogP contribution in [0, 0.1) is 17.6 Å². The number of nitrogens with two attached hydrogens (primary N) is 1. The van der Waals surface area contributed by atoms with Crippen LogP contribution in [0.2, 0.25) is 0 Å². The Kier molecular flexibility index (Phi) is 2.30. The number of halogens is 2. The van der Waals surface area contributed by atoms with Crippen molar-refractivity contribution in [3.8, 4) is 0 Å². The lowest BCUT2D eigenvalue weighted by molar-refractivity contribution is -0.117. The van der Waals surface area contributed by atoms with Gasteiger partial charge in [-0.1, -0.05) is 0 Å². The van der Waals surface area contributed by atoms with Crippen LogP contribution in [0.15, 0.2) is 12.1 Å². The zero-order chi connectivity index (χ0) is 11.0. The molecular formula is C10H10F2N2O. The summed E-state index contributed by atoms with van der Waals surface area (Å²) in [5.74, 6) is -2.50. The highest BCUT2D eigenvalue weighted by molar-refractivity contribution is 5.96. The molecule has 0 spiro atoms. The normalized spacial score (nSPS) is 15.1. The van der Waals surface area contributed by atoms with Crippen molar-refractivity contribution in [1.29, 1.82) is 0 Å². The minimum absolute atomic E-state index is 0.0305. The Hall–Kier alpha value is -1.65. The standard InChI is InChI=1S/C10H10F2N2O/c11-6-3-4-7(13)9(8(6)12)14-10(15)5-1-2-5/h3-5H,1-2,13H2,(H,14,15). The number of carbonyl (C=O) groups excluding carboxylic acids is 1. The maximum Gasteiger partial charge on any atom is 0.227 e. The predicted octanol–water partition coefficient (Wildman–Crippen LogP) is 1.90. The van der Waals surface area contributed by atoms with Crippen molar-refractivity contribution in [1.82, 2.24) is 0 Å². The van der Waals surface area contributed by atoms with Crippen molar-refractivity contribution in [2.45, 2.75) is 12.8 Å². The first kappa shape index (κ1) is 9.89. The van der Waals surface area contributed by atoms with Gasteiger partial charge in [0.05, 0.1) is 5.69 Å². The number of nitrogens with one attached hydrogen (secondary N) is 1. The molecule has 2 rings (SSSR count). The molecule has 3 N–H and O–H groups in total. The number of anilines is 2. The van der Waals surface area contributed by atoms with Crippen LogP contribution in [0.3, 0.4) is 0 Å². The van der Waals surface area contributed by atoms with E-state index in [1.165, 1.54) is 6.07 Å². The summed E-state index contributed by atoms with van der Waals surface area (Å²) < 4.78 is 26.1. The number of benzene rings is 1. The Bertz CT molecular complexity index is 416. The van der Waals surface area contributed by atoms with Gasteiger partial charge in [-0.3, -0.25) is 4.79 Å². The van der Waals surface area contributed by atoms with E-state index in [1.807, 2.05) is 0 Å². The summed E-state index contributed by atoms with van der Waals surface area (Å²) >= 11 is 0. The Morgan fingerprint density at radius 2 is 2.07 bits per heavy atom. The van der Waals surface area contributed by atoms with Crippen LogP contribution >= 0.6 is 0 Å². The molecule has 1 aliphatic carbocycles. The second-order valence-electron chi connectivity index (χ2n) is 3.59. The lowest BCUT2D eigenvalue weighted by Gasteiger charge is -2.08. The molecule has 1 saturated carbocycles. The van der Waals surface area contributed by atoms with Gasteiger partial charge in [-0.15, -0.1) is 0 Å². The van der Waals surface area contributed by atoms with E-state index in [4.69, 9.17) is 5.73 Å². The molecule has 1 aromatic carbocycles. The van der Waals surface area contributed by atoms with Crippen LogP contribution in [0.1, 0.15) is 12.8 Å². The Morgan fingerprint density at radius 1 is 1.40 bits per heavy atom. The van der Waals surface area contributed by atoms with E-state index in [-0.39, 0.29) is 23.2 Å². The molecule has 0 atom stereocenters. The fraction of sp³-hybridized carbons (Fsp3) is 0.300. The molecule has 0 unspecified atom stereocenters. The smallest absolute Gasteiger partial charge is 0.227 e. The monoisotopic (exact) mass is 212 g/mol. The summed E-state index contributed by atoms with van der Waals surface area (Å²) in [5.41, 5.74) is 5.21. The molecule has 80 valence electrons. The van der Waals surface area contributed by atoms with Gasteiger partial charge in [0, 0.05) is 5.92 Å². The fourth-order valence-electron chi connectivity index (χ4n) is 1.26. The number of hydrogen-bond donors (Lipinski definition) is 2. The molecule has 1 aliphatic rings. The number of hydrogen-bond acceptors (Lipinski definition) is 2. The first-order valence-corrected chi connectivity index (χ1v) is 4.64. The molecule has 1 amide bonds. The van der Waals surface area contributed by atoms with Gasteiger partial charge in [0.25, 0.3) is 0 Å². The van der Waals surface area contributed by atoms with Gasteiger partial charge in [-0.2, -0.15) is 0 Å². The van der Waals surface area contributed by atoms with Gasteiger partial charge < -0.3 is 11.1 Å². The minimum Gasteiger partial charge on any atom is -0.397 e. The van der Waals surface area contributed by atoms with E-state index in [2.05, 4.69) is 5.32 Å². The van der Waals surface area contributed by atoms with E-state index < -0.39 is 11.6 Å². The summed E-state index contributed by atoms with van der Waals surface area (Å²) in [7, 11) is 0. The van der Waals surface area contributed by atoms with Gasteiger partial charge in [0.15, 0.2) is 11.6 Å². The maximum atomic E-state index is 13.2. The average molecular weight is 212 g/mol. The van der Waals surface area contributed by atoms with E-state index in [0.29, 0.717) is 0 Å². The van der Waals surface area contributed by atoms with Crippen molar-refractivity contribution in [3.05, 3.63) is 23.8 Å². The van der Waals surface area contributed by atoms with E-state index >= 15 is 0 Å². The van der Waals surface area contributed by atoms with Crippen molar-refractivity contribution in [2.24, 2.45) is 5.92 Å². The SMILES string of the molecule is Nc1ccc(F)c(F)c1NC(=O)C1CC1. The van der Waals surface area contributed by atoms with Gasteiger partial charge >= 0.3 is 0 Å². The van der Waals surface area contributed by atoms with E-state index in [0.717, 1.165) is 18.9 Å². The third-order valence-corrected chi connectivity index (χ3v) is 2.32. The topological polar surface area (TPSA) is 55.1 Å². The van der Waals surface area contributed by atoms with Crippen molar-refractivity contribution in [2.75, 3.05) is 11.1 Å². The third kappa shape index (κ3) is 1.91. The zero-order valence-electron chi connectivity index (χ0n) is 7.89. The molecular weight excluding hydrogens is 202 g/mol. The molecule has 0 saturated heterocycles. The Balaban J connectivity index is 2.26. The summed E-state index contributed by atoms with van der Waals surface area (Å²) in [6, 6.07) is 2.15. The largest absolute Gasteiger partial charge is 0.397 e. The molecule has 5 heteroatoms. The van der Waals surface area contributed by atoms with E-state index in [1.54, 1.807) is 0 Å². The average Bonchev–Trinajstić information content (AvgIpc) is 3.02. The summed E-state index contributed by atoms with van der Waals surface area (Å²) in [4.78, 5) is 11.3. The summed E-state index contributed by atoms with van der Waals surface area (Å²) in [6.45, 7) is 0. The molecule has 0 radical (unpaired) electrons. The Labute approximate surface area is 85.3 Å². The second kappa shape index (κ2) is 3.49. The molecule has 15 heavy (non-hydrogen) atoms. The lowest BCUT2D eigenvalue weighted by Crippen LogP contribution is -2.16. The molecule has 3 nitrogen and oxygen atoms in total. The molecule has 0 bridgehead atoms. The highest BCUT2D eigenvalue weighted by Crippen LogP contribution is 2.32. The third-order valence-electron chi connectivity index (χ3n) is 2.32. The quantitative estimate of drug-likeness (QED) is 0.735. The van der Waals surface area contributed by atoms with Gasteiger partial charge in [-0.25, -0.2) is 8.78 Å². The number of carbonyl (C=O) groups is 1. The number of rotatable bonds is 2. The van der Waals surface area contributed by atoms with Gasteiger partial charge in [0.2, 0.25) is 5.91 Å². The maximum absolute atomic E-state index is 13.2. The molecule has 0 aliphatic heterocycles. The van der Waals surface area contributed by atoms with Crippen LogP contribution in [0.4, 0.5) is 20.2 Å². The molecule has 1 fully saturated rings. The van der Waals surface area contributed by atoms with Crippen LogP contribution in [0.5, 0.6) is 0 Å². The van der Waals surface area contributed by atoms with Gasteiger partial charge in [0.1, 0.15) is 5.69 Å². The second-order valence-corrected chi connectivity index (χ2v) is 3.59.